The zero-order valence-corrected chi connectivity index (χ0v) is 13.4. The van der Waals surface area contributed by atoms with Crippen molar-refractivity contribution in [2.24, 2.45) is 0 Å². The quantitative estimate of drug-likeness (QED) is 0.782. The van der Waals surface area contributed by atoms with E-state index in [4.69, 9.17) is 9.63 Å². The van der Waals surface area contributed by atoms with Gasteiger partial charge in [0.1, 0.15) is 5.82 Å². The Kier molecular flexibility index (Phi) is 3.89. The van der Waals surface area contributed by atoms with Crippen LogP contribution in [0.4, 0.5) is 4.39 Å². The second-order valence-electron chi connectivity index (χ2n) is 5.63. The summed E-state index contributed by atoms with van der Waals surface area (Å²) in [5.74, 6) is -1.16. The molecule has 24 heavy (non-hydrogen) atoms. The average Bonchev–Trinajstić information content (AvgIpc) is 3.02. The Morgan fingerprint density at radius 2 is 1.79 bits per heavy atom. The fourth-order valence-corrected chi connectivity index (χ4v) is 2.38. The average molecular weight is 326 g/mol. The minimum absolute atomic E-state index is 0.0609. The van der Waals surface area contributed by atoms with Crippen LogP contribution < -0.4 is 0 Å². The van der Waals surface area contributed by atoms with E-state index in [1.165, 1.54) is 12.1 Å². The fraction of sp³-hybridized carbons (Fsp3) is 0.167. The maximum Gasteiger partial charge on any atom is 0.335 e. The van der Waals surface area contributed by atoms with E-state index in [0.717, 1.165) is 11.1 Å². The van der Waals surface area contributed by atoms with E-state index in [1.807, 2.05) is 13.8 Å². The number of hydrogen-bond acceptors (Lipinski definition) is 4. The van der Waals surface area contributed by atoms with Crippen molar-refractivity contribution in [1.29, 1.82) is 0 Å². The predicted octanol–water partition coefficient (Wildman–Crippen LogP) is 4.17. The van der Waals surface area contributed by atoms with E-state index in [9.17, 15) is 9.18 Å². The highest BCUT2D eigenvalue weighted by Gasteiger charge is 2.18. The van der Waals surface area contributed by atoms with Crippen LogP contribution in [0.3, 0.4) is 0 Å². The summed E-state index contributed by atoms with van der Waals surface area (Å²) in [5.41, 5.74) is 3.04. The molecule has 2 aromatic carbocycles. The van der Waals surface area contributed by atoms with Crippen LogP contribution in [0, 0.1) is 26.6 Å². The molecule has 6 heteroatoms. The highest BCUT2D eigenvalue weighted by molar-refractivity contribution is 5.89. The number of rotatable bonds is 3. The fourth-order valence-electron chi connectivity index (χ4n) is 2.38. The molecule has 122 valence electrons. The molecule has 1 aromatic heterocycles. The molecule has 3 aromatic rings. The van der Waals surface area contributed by atoms with Crippen molar-refractivity contribution in [2.75, 3.05) is 0 Å². The molecule has 0 atom stereocenters. The van der Waals surface area contributed by atoms with Gasteiger partial charge in [0.2, 0.25) is 5.82 Å². The molecular weight excluding hydrogens is 311 g/mol. The third-order valence-electron chi connectivity index (χ3n) is 4.04. The summed E-state index contributed by atoms with van der Waals surface area (Å²) >= 11 is 0. The van der Waals surface area contributed by atoms with Crippen molar-refractivity contribution < 1.29 is 18.8 Å². The Morgan fingerprint density at radius 1 is 1.08 bits per heavy atom. The lowest BCUT2D eigenvalue weighted by molar-refractivity contribution is 0.0697. The Hall–Kier alpha value is -3.02. The molecule has 0 aliphatic carbocycles. The lowest BCUT2D eigenvalue weighted by Crippen LogP contribution is -1.98. The molecule has 3 rings (SSSR count). The van der Waals surface area contributed by atoms with Crippen molar-refractivity contribution in [3.05, 3.63) is 58.4 Å². The molecule has 0 unspecified atom stereocenters. The van der Waals surface area contributed by atoms with Crippen molar-refractivity contribution in [1.82, 2.24) is 10.1 Å². The number of halogens is 1. The van der Waals surface area contributed by atoms with Crippen LogP contribution in [0.2, 0.25) is 0 Å². The van der Waals surface area contributed by atoms with Gasteiger partial charge in [0.15, 0.2) is 0 Å². The van der Waals surface area contributed by atoms with E-state index in [2.05, 4.69) is 10.1 Å². The number of aryl methyl sites for hydroxylation is 2. The summed E-state index contributed by atoms with van der Waals surface area (Å²) in [6.07, 6.45) is 0. The standard InChI is InChI=1S/C18H15FN2O3/c1-9-5-7-13(15(19)11(9)3)17-20-16(21-24-17)14-8-12(18(22)23)6-4-10(14)2/h4-8H,1-3H3,(H,22,23). The van der Waals surface area contributed by atoms with Gasteiger partial charge in [0.25, 0.3) is 5.89 Å². The van der Waals surface area contributed by atoms with Gasteiger partial charge in [-0.2, -0.15) is 4.98 Å². The SMILES string of the molecule is Cc1ccc(C(=O)O)cc1-c1noc(-c2ccc(C)c(C)c2F)n1. The number of benzene rings is 2. The van der Waals surface area contributed by atoms with Gasteiger partial charge in [0.05, 0.1) is 11.1 Å². The minimum Gasteiger partial charge on any atom is -0.478 e. The molecule has 5 nitrogen and oxygen atoms in total. The molecule has 0 aliphatic heterocycles. The van der Waals surface area contributed by atoms with Crippen molar-refractivity contribution in [2.45, 2.75) is 20.8 Å². The maximum atomic E-state index is 14.4. The van der Waals surface area contributed by atoms with E-state index in [0.29, 0.717) is 11.1 Å². The van der Waals surface area contributed by atoms with Crippen LogP contribution in [-0.2, 0) is 0 Å². The summed E-state index contributed by atoms with van der Waals surface area (Å²) in [5, 5.41) is 13.0. The van der Waals surface area contributed by atoms with Crippen LogP contribution in [0.5, 0.6) is 0 Å². The molecule has 0 aliphatic rings. The Balaban J connectivity index is 2.08. The Morgan fingerprint density at radius 3 is 2.50 bits per heavy atom. The van der Waals surface area contributed by atoms with E-state index >= 15 is 0 Å². The molecule has 0 saturated carbocycles. The second kappa shape index (κ2) is 5.88. The molecule has 0 bridgehead atoms. The summed E-state index contributed by atoms with van der Waals surface area (Å²) in [6, 6.07) is 8.03. The first kappa shape index (κ1) is 15.9. The lowest BCUT2D eigenvalue weighted by Gasteiger charge is -2.04. The zero-order valence-electron chi connectivity index (χ0n) is 13.4. The molecule has 1 N–H and O–H groups in total. The number of aromatic carboxylic acids is 1. The summed E-state index contributed by atoms with van der Waals surface area (Å²) in [7, 11) is 0. The number of aromatic nitrogens is 2. The van der Waals surface area contributed by atoms with Gasteiger partial charge in [-0.3, -0.25) is 0 Å². The monoisotopic (exact) mass is 326 g/mol. The Bertz CT molecular complexity index is 947. The van der Waals surface area contributed by atoms with Gasteiger partial charge >= 0.3 is 5.97 Å². The summed E-state index contributed by atoms with van der Waals surface area (Å²) in [4.78, 5) is 15.4. The van der Waals surface area contributed by atoms with Crippen LogP contribution >= 0.6 is 0 Å². The largest absolute Gasteiger partial charge is 0.478 e. The third kappa shape index (κ3) is 2.67. The van der Waals surface area contributed by atoms with Crippen molar-refractivity contribution in [3.8, 4) is 22.8 Å². The first-order chi connectivity index (χ1) is 11.4. The van der Waals surface area contributed by atoms with Gasteiger partial charge in [-0.1, -0.05) is 17.3 Å². The van der Waals surface area contributed by atoms with Crippen molar-refractivity contribution in [3.63, 3.8) is 0 Å². The number of carboxylic acid groups (broad SMARTS) is 1. The number of hydrogen-bond donors (Lipinski definition) is 1. The topological polar surface area (TPSA) is 76.2 Å². The lowest BCUT2D eigenvalue weighted by atomic mass is 10.0. The van der Waals surface area contributed by atoms with Crippen LogP contribution in [-0.4, -0.2) is 21.2 Å². The molecule has 0 radical (unpaired) electrons. The molecule has 0 spiro atoms. The summed E-state index contributed by atoms with van der Waals surface area (Å²) in [6.45, 7) is 5.32. The van der Waals surface area contributed by atoms with Gasteiger partial charge in [-0.05, 0) is 55.7 Å². The van der Waals surface area contributed by atoms with Crippen LogP contribution in [0.1, 0.15) is 27.0 Å². The normalized spacial score (nSPS) is 10.8. The Labute approximate surface area is 137 Å². The smallest absolute Gasteiger partial charge is 0.335 e. The van der Waals surface area contributed by atoms with E-state index < -0.39 is 11.8 Å². The number of carboxylic acids is 1. The molecule has 0 fully saturated rings. The van der Waals surface area contributed by atoms with Crippen LogP contribution in [0.15, 0.2) is 34.9 Å². The molecule has 0 amide bonds. The number of carbonyl (C=O) groups is 1. The molecule has 0 saturated heterocycles. The van der Waals surface area contributed by atoms with Crippen molar-refractivity contribution >= 4 is 5.97 Å². The van der Waals surface area contributed by atoms with Crippen LogP contribution in [0.25, 0.3) is 22.8 Å². The maximum absolute atomic E-state index is 14.4. The molecule has 1 heterocycles. The van der Waals surface area contributed by atoms with Gasteiger partial charge < -0.3 is 9.63 Å². The second-order valence-corrected chi connectivity index (χ2v) is 5.63. The molecular formula is C18H15FN2O3. The van der Waals surface area contributed by atoms with Gasteiger partial charge in [-0.15, -0.1) is 0 Å². The van der Waals surface area contributed by atoms with E-state index in [-0.39, 0.29) is 22.8 Å². The zero-order chi connectivity index (χ0) is 17.4. The predicted molar refractivity (Wildman–Crippen MR) is 86.3 cm³/mol. The highest BCUT2D eigenvalue weighted by Crippen LogP contribution is 2.28. The highest BCUT2D eigenvalue weighted by atomic mass is 19.1. The first-order valence-corrected chi connectivity index (χ1v) is 7.32. The minimum atomic E-state index is -1.04. The van der Waals surface area contributed by atoms with E-state index in [1.54, 1.807) is 25.1 Å². The third-order valence-corrected chi connectivity index (χ3v) is 4.04. The summed E-state index contributed by atoms with van der Waals surface area (Å²) < 4.78 is 19.6. The number of nitrogens with zero attached hydrogens (tertiary/aromatic N) is 2. The van der Waals surface area contributed by atoms with Gasteiger partial charge in [0, 0.05) is 5.56 Å². The first-order valence-electron chi connectivity index (χ1n) is 7.32. The van der Waals surface area contributed by atoms with Gasteiger partial charge in [-0.25, -0.2) is 9.18 Å².